The molecular formula is C16H26N5O3S+. The first-order chi connectivity index (χ1) is 12.1. The molecule has 2 heterocycles. The van der Waals surface area contributed by atoms with E-state index in [4.69, 9.17) is 4.42 Å². The number of hydrogen-bond acceptors (Lipinski definition) is 6. The lowest BCUT2D eigenvalue weighted by Gasteiger charge is -2.21. The summed E-state index contributed by atoms with van der Waals surface area (Å²) in [6.45, 7) is 3.14. The lowest BCUT2D eigenvalue weighted by atomic mass is 10.1. The minimum absolute atomic E-state index is 0.0866. The molecular weight excluding hydrogens is 342 g/mol. The summed E-state index contributed by atoms with van der Waals surface area (Å²) in [5, 5.41) is 11.4. The predicted octanol–water partition coefficient (Wildman–Crippen LogP) is -0.532. The van der Waals surface area contributed by atoms with Gasteiger partial charge in [0.2, 0.25) is 11.8 Å². The topological polar surface area (TPSA) is 92.8 Å². The van der Waals surface area contributed by atoms with E-state index in [1.54, 1.807) is 7.05 Å². The molecule has 3 rings (SSSR count). The van der Waals surface area contributed by atoms with Crippen LogP contribution in [0, 0.1) is 0 Å². The molecule has 1 aromatic rings. The van der Waals surface area contributed by atoms with Crippen LogP contribution in [-0.2, 0) is 16.1 Å². The summed E-state index contributed by atoms with van der Waals surface area (Å²) in [7, 11) is 1.63. The fourth-order valence-electron chi connectivity index (χ4n) is 2.85. The van der Waals surface area contributed by atoms with Crippen LogP contribution in [-0.4, -0.2) is 65.4 Å². The van der Waals surface area contributed by atoms with Gasteiger partial charge in [-0.2, -0.15) is 0 Å². The normalized spacial score (nSPS) is 18.1. The van der Waals surface area contributed by atoms with Gasteiger partial charge in [-0.15, -0.1) is 10.2 Å². The minimum Gasteiger partial charge on any atom is -0.410 e. The average molecular weight is 368 g/mol. The van der Waals surface area contributed by atoms with Gasteiger partial charge in [0.15, 0.2) is 6.54 Å². The van der Waals surface area contributed by atoms with Gasteiger partial charge in [-0.1, -0.05) is 11.8 Å². The first-order valence-corrected chi connectivity index (χ1v) is 9.91. The van der Waals surface area contributed by atoms with Gasteiger partial charge in [0, 0.05) is 13.1 Å². The van der Waals surface area contributed by atoms with Crippen molar-refractivity contribution in [2.24, 2.45) is 0 Å². The largest absolute Gasteiger partial charge is 0.410 e. The van der Waals surface area contributed by atoms with E-state index in [1.807, 2.05) is 0 Å². The van der Waals surface area contributed by atoms with Crippen LogP contribution in [0.25, 0.3) is 0 Å². The molecule has 8 nitrogen and oxygen atoms in total. The van der Waals surface area contributed by atoms with Crippen molar-refractivity contribution < 1.29 is 18.9 Å². The summed E-state index contributed by atoms with van der Waals surface area (Å²) in [4.78, 5) is 26.7. The maximum Gasteiger partial charge on any atom is 0.277 e. The zero-order valence-electron chi connectivity index (χ0n) is 14.6. The molecule has 1 aliphatic carbocycles. The highest BCUT2D eigenvalue weighted by Gasteiger charge is 2.24. The number of carbonyl (C=O) groups excluding carboxylic acids is 2. The van der Waals surface area contributed by atoms with Gasteiger partial charge < -0.3 is 19.5 Å². The van der Waals surface area contributed by atoms with Gasteiger partial charge in [-0.05, 0) is 32.1 Å². The monoisotopic (exact) mass is 368 g/mol. The standard InChI is InChI=1S/C16H25N5O3S/c1-20(9-13(22)17-12-5-6-12)15(23)11-25-16-19-18-14(24-16)10-21-7-3-2-4-8-21/h12H,2-11H2,1H3,(H,17,22)/p+1. The van der Waals surface area contributed by atoms with E-state index in [2.05, 4.69) is 15.5 Å². The van der Waals surface area contributed by atoms with Crippen molar-refractivity contribution in [3.05, 3.63) is 5.89 Å². The second kappa shape index (κ2) is 8.66. The fraction of sp³-hybridized carbons (Fsp3) is 0.750. The molecule has 2 N–H and O–H groups in total. The van der Waals surface area contributed by atoms with Crippen molar-refractivity contribution in [3.8, 4) is 0 Å². The van der Waals surface area contributed by atoms with Crippen molar-refractivity contribution in [1.82, 2.24) is 20.4 Å². The zero-order valence-corrected chi connectivity index (χ0v) is 15.4. The van der Waals surface area contributed by atoms with Gasteiger partial charge in [-0.3, -0.25) is 9.59 Å². The Morgan fingerprint density at radius 1 is 1.28 bits per heavy atom. The molecule has 2 aliphatic rings. The smallest absolute Gasteiger partial charge is 0.277 e. The molecule has 1 aliphatic heterocycles. The SMILES string of the molecule is CN(CC(=O)NC1CC1)C(=O)CSc1nnc(C[NH+]2CCCCC2)o1. The Morgan fingerprint density at radius 3 is 2.76 bits per heavy atom. The van der Waals surface area contributed by atoms with Crippen LogP contribution in [0.5, 0.6) is 0 Å². The summed E-state index contributed by atoms with van der Waals surface area (Å²) < 4.78 is 5.63. The molecule has 0 radical (unpaired) electrons. The molecule has 1 aromatic heterocycles. The number of piperidine rings is 1. The van der Waals surface area contributed by atoms with Gasteiger partial charge >= 0.3 is 0 Å². The molecule has 25 heavy (non-hydrogen) atoms. The summed E-state index contributed by atoms with van der Waals surface area (Å²) in [5.41, 5.74) is 0. The van der Waals surface area contributed by atoms with E-state index in [0.717, 1.165) is 32.5 Å². The number of rotatable bonds is 8. The van der Waals surface area contributed by atoms with Crippen molar-refractivity contribution in [2.45, 2.75) is 49.9 Å². The van der Waals surface area contributed by atoms with Crippen LogP contribution >= 0.6 is 11.8 Å². The van der Waals surface area contributed by atoms with Crippen LogP contribution in [0.15, 0.2) is 9.64 Å². The zero-order chi connectivity index (χ0) is 17.6. The highest BCUT2D eigenvalue weighted by molar-refractivity contribution is 7.99. The van der Waals surface area contributed by atoms with Gasteiger partial charge in [-0.25, -0.2) is 0 Å². The quantitative estimate of drug-likeness (QED) is 0.599. The number of aromatic nitrogens is 2. The predicted molar refractivity (Wildman–Crippen MR) is 92.1 cm³/mol. The summed E-state index contributed by atoms with van der Waals surface area (Å²) in [6.07, 6.45) is 5.89. The molecule has 2 amide bonds. The maximum absolute atomic E-state index is 12.1. The number of hydrogen-bond donors (Lipinski definition) is 2. The number of likely N-dealkylation sites (N-methyl/N-ethyl adjacent to an activating group) is 1. The van der Waals surface area contributed by atoms with Gasteiger partial charge in [0.1, 0.15) is 0 Å². The molecule has 9 heteroatoms. The number of quaternary nitrogens is 1. The van der Waals surface area contributed by atoms with Crippen LogP contribution in [0.3, 0.4) is 0 Å². The summed E-state index contributed by atoms with van der Waals surface area (Å²) in [6, 6.07) is 0.309. The van der Waals surface area contributed by atoms with Crippen LogP contribution in [0.4, 0.5) is 0 Å². The number of carbonyl (C=O) groups is 2. The molecule has 0 atom stereocenters. The Hall–Kier alpha value is -1.61. The Kier molecular flexibility index (Phi) is 6.30. The first-order valence-electron chi connectivity index (χ1n) is 8.92. The number of thioether (sulfide) groups is 1. The molecule has 1 saturated heterocycles. The third-order valence-electron chi connectivity index (χ3n) is 4.48. The van der Waals surface area contributed by atoms with Crippen molar-refractivity contribution >= 4 is 23.6 Å². The van der Waals surface area contributed by atoms with E-state index in [-0.39, 0.29) is 24.1 Å². The van der Waals surface area contributed by atoms with E-state index in [9.17, 15) is 9.59 Å². The Bertz CT molecular complexity index is 598. The van der Waals surface area contributed by atoms with E-state index < -0.39 is 0 Å². The van der Waals surface area contributed by atoms with Crippen LogP contribution < -0.4 is 10.2 Å². The second-order valence-electron chi connectivity index (χ2n) is 6.83. The van der Waals surface area contributed by atoms with Crippen LogP contribution in [0.2, 0.25) is 0 Å². The number of nitrogens with zero attached hydrogens (tertiary/aromatic N) is 3. The summed E-state index contributed by atoms with van der Waals surface area (Å²) in [5.74, 6) is 0.583. The van der Waals surface area contributed by atoms with Crippen LogP contribution in [0.1, 0.15) is 38.0 Å². The third-order valence-corrected chi connectivity index (χ3v) is 5.28. The number of amides is 2. The lowest BCUT2D eigenvalue weighted by Crippen LogP contribution is -3.11. The van der Waals surface area contributed by atoms with E-state index in [1.165, 1.54) is 40.8 Å². The van der Waals surface area contributed by atoms with Crippen molar-refractivity contribution in [1.29, 1.82) is 0 Å². The second-order valence-corrected chi connectivity index (χ2v) is 7.76. The highest BCUT2D eigenvalue weighted by atomic mass is 32.2. The van der Waals surface area contributed by atoms with Crippen molar-refractivity contribution in [3.63, 3.8) is 0 Å². The van der Waals surface area contributed by atoms with Gasteiger partial charge in [0.05, 0.1) is 25.4 Å². The fourth-order valence-corrected chi connectivity index (χ4v) is 3.57. The molecule has 0 unspecified atom stereocenters. The van der Waals surface area contributed by atoms with E-state index in [0.29, 0.717) is 17.2 Å². The first kappa shape index (κ1) is 18.2. The Labute approximate surface area is 151 Å². The minimum atomic E-state index is -0.127. The molecule has 0 spiro atoms. The molecule has 138 valence electrons. The highest BCUT2D eigenvalue weighted by Crippen LogP contribution is 2.18. The Morgan fingerprint density at radius 2 is 2.04 bits per heavy atom. The third kappa shape index (κ3) is 6.00. The molecule has 1 saturated carbocycles. The van der Waals surface area contributed by atoms with Gasteiger partial charge in [0.25, 0.3) is 11.1 Å². The summed E-state index contributed by atoms with van der Waals surface area (Å²) >= 11 is 1.22. The Balaban J connectivity index is 1.38. The average Bonchev–Trinajstić information content (AvgIpc) is 3.30. The maximum atomic E-state index is 12.1. The molecule has 0 aromatic carbocycles. The van der Waals surface area contributed by atoms with Crippen molar-refractivity contribution in [2.75, 3.05) is 32.4 Å². The molecule has 0 bridgehead atoms. The van der Waals surface area contributed by atoms with E-state index >= 15 is 0 Å². The number of nitrogens with one attached hydrogen (secondary N) is 2. The molecule has 2 fully saturated rings. The number of likely N-dealkylation sites (tertiary alicyclic amines) is 1. The lowest BCUT2D eigenvalue weighted by molar-refractivity contribution is -0.919.